The first-order valence-electron chi connectivity index (χ1n) is 9.79. The molecule has 0 spiro atoms. The maximum absolute atomic E-state index is 13.3. The summed E-state index contributed by atoms with van der Waals surface area (Å²) >= 11 is 0. The summed E-state index contributed by atoms with van der Waals surface area (Å²) in [4.78, 5) is 25.1. The number of hydrogen-bond acceptors (Lipinski definition) is 5. The van der Waals surface area contributed by atoms with Gasteiger partial charge in [-0.3, -0.25) is 4.79 Å². The van der Waals surface area contributed by atoms with E-state index in [9.17, 15) is 14.0 Å². The lowest BCUT2D eigenvalue weighted by Crippen LogP contribution is -2.31. The molecule has 0 bridgehead atoms. The van der Waals surface area contributed by atoms with E-state index in [1.165, 1.54) is 18.2 Å². The molecule has 0 aliphatic carbocycles. The molecule has 9 heteroatoms. The first-order valence-corrected chi connectivity index (χ1v) is 9.79. The molecule has 1 unspecified atom stereocenters. The van der Waals surface area contributed by atoms with E-state index in [-0.39, 0.29) is 17.8 Å². The van der Waals surface area contributed by atoms with Crippen LogP contribution in [0.25, 0.3) is 11.0 Å². The SMILES string of the molecule is CC(NC(=O)Nc1cccc(F)c1)c1cccc(NC(=O)c2cccc3onc(N)c23)c1. The van der Waals surface area contributed by atoms with Gasteiger partial charge in [0.15, 0.2) is 11.4 Å². The van der Waals surface area contributed by atoms with Crippen LogP contribution in [0.2, 0.25) is 0 Å². The van der Waals surface area contributed by atoms with E-state index in [1.807, 2.05) is 6.07 Å². The number of hydrogen-bond donors (Lipinski definition) is 4. The number of nitrogens with two attached hydrogens (primary N) is 1. The smallest absolute Gasteiger partial charge is 0.319 e. The zero-order valence-electron chi connectivity index (χ0n) is 17.1. The first-order chi connectivity index (χ1) is 15.4. The van der Waals surface area contributed by atoms with Crippen molar-refractivity contribution >= 4 is 40.1 Å². The molecule has 5 N–H and O–H groups in total. The van der Waals surface area contributed by atoms with Gasteiger partial charge in [-0.05, 0) is 55.0 Å². The third-order valence-electron chi connectivity index (χ3n) is 4.84. The summed E-state index contributed by atoms with van der Waals surface area (Å²) < 4.78 is 18.4. The lowest BCUT2D eigenvalue weighted by molar-refractivity contribution is 0.102. The molecule has 8 nitrogen and oxygen atoms in total. The minimum Gasteiger partial charge on any atom is -0.380 e. The van der Waals surface area contributed by atoms with E-state index < -0.39 is 11.8 Å². The van der Waals surface area contributed by atoms with Crippen molar-refractivity contribution in [1.82, 2.24) is 10.5 Å². The van der Waals surface area contributed by atoms with Crippen molar-refractivity contribution < 1.29 is 18.5 Å². The number of rotatable bonds is 5. The normalized spacial score (nSPS) is 11.7. The Labute approximate surface area is 182 Å². The number of carbonyl (C=O) groups is 2. The molecule has 4 rings (SSSR count). The van der Waals surface area contributed by atoms with Crippen molar-refractivity contribution in [3.05, 3.63) is 83.7 Å². The molecular weight excluding hydrogens is 413 g/mol. The van der Waals surface area contributed by atoms with E-state index in [0.717, 1.165) is 5.56 Å². The van der Waals surface area contributed by atoms with Crippen LogP contribution in [-0.4, -0.2) is 17.1 Å². The molecule has 3 aromatic carbocycles. The van der Waals surface area contributed by atoms with Gasteiger partial charge in [0.05, 0.1) is 17.0 Å². The Bertz CT molecular complexity index is 1300. The van der Waals surface area contributed by atoms with E-state index >= 15 is 0 Å². The second-order valence-corrected chi connectivity index (χ2v) is 7.16. The zero-order valence-corrected chi connectivity index (χ0v) is 17.1. The summed E-state index contributed by atoms with van der Waals surface area (Å²) in [5, 5.41) is 12.3. The maximum Gasteiger partial charge on any atom is 0.319 e. The average molecular weight is 433 g/mol. The Balaban J connectivity index is 1.45. The van der Waals surface area contributed by atoms with Crippen molar-refractivity contribution in [3.8, 4) is 0 Å². The molecular formula is C23H20FN5O3. The van der Waals surface area contributed by atoms with E-state index in [2.05, 4.69) is 21.1 Å². The van der Waals surface area contributed by atoms with Gasteiger partial charge < -0.3 is 26.2 Å². The Morgan fingerprint density at radius 1 is 1.00 bits per heavy atom. The highest BCUT2D eigenvalue weighted by atomic mass is 19.1. The molecule has 3 amide bonds. The molecule has 1 heterocycles. The van der Waals surface area contributed by atoms with Crippen LogP contribution in [0.3, 0.4) is 0 Å². The second kappa shape index (κ2) is 8.76. The van der Waals surface area contributed by atoms with Gasteiger partial charge in [-0.2, -0.15) is 0 Å². The number of amides is 3. The fourth-order valence-electron chi connectivity index (χ4n) is 3.30. The molecule has 0 radical (unpaired) electrons. The molecule has 1 aromatic heterocycles. The van der Waals surface area contributed by atoms with Gasteiger partial charge in [-0.25, -0.2) is 9.18 Å². The minimum absolute atomic E-state index is 0.140. The van der Waals surface area contributed by atoms with Crippen molar-refractivity contribution in [3.63, 3.8) is 0 Å². The van der Waals surface area contributed by atoms with Crippen LogP contribution in [0, 0.1) is 5.82 Å². The minimum atomic E-state index is -0.479. The van der Waals surface area contributed by atoms with E-state index in [1.54, 1.807) is 49.4 Å². The molecule has 0 fully saturated rings. The number of fused-ring (bicyclic) bond motifs is 1. The van der Waals surface area contributed by atoms with Crippen LogP contribution in [0.5, 0.6) is 0 Å². The van der Waals surface area contributed by atoms with Crippen molar-refractivity contribution in [2.24, 2.45) is 0 Å². The number of benzene rings is 3. The molecule has 162 valence electrons. The largest absolute Gasteiger partial charge is 0.380 e. The van der Waals surface area contributed by atoms with Crippen LogP contribution >= 0.6 is 0 Å². The van der Waals surface area contributed by atoms with Gasteiger partial charge in [-0.15, -0.1) is 0 Å². The first kappa shape index (κ1) is 20.9. The molecule has 0 saturated carbocycles. The van der Waals surface area contributed by atoms with Crippen LogP contribution in [0.15, 0.2) is 71.3 Å². The summed E-state index contributed by atoms with van der Waals surface area (Å²) in [6.45, 7) is 1.80. The Morgan fingerprint density at radius 3 is 2.50 bits per heavy atom. The fourth-order valence-corrected chi connectivity index (χ4v) is 3.30. The van der Waals surface area contributed by atoms with Crippen molar-refractivity contribution in [2.45, 2.75) is 13.0 Å². The molecule has 1 atom stereocenters. The zero-order chi connectivity index (χ0) is 22.7. The Kier molecular flexibility index (Phi) is 5.71. The van der Waals surface area contributed by atoms with Gasteiger partial charge in [0.2, 0.25) is 0 Å². The molecule has 0 saturated heterocycles. The van der Waals surface area contributed by atoms with E-state index in [4.69, 9.17) is 10.3 Å². The van der Waals surface area contributed by atoms with Crippen LogP contribution in [-0.2, 0) is 0 Å². The van der Waals surface area contributed by atoms with Crippen LogP contribution in [0.4, 0.5) is 26.4 Å². The standard InChI is InChI=1S/C23H20FN5O3/c1-13(26-23(31)28-17-8-3-6-15(24)12-17)14-5-2-7-16(11-14)27-22(30)18-9-4-10-19-20(18)21(25)29-32-19/h2-13H,1H3,(H2,25,29)(H,27,30)(H2,26,28,31). The van der Waals surface area contributed by atoms with Gasteiger partial charge in [-0.1, -0.05) is 29.4 Å². The fraction of sp³-hybridized carbons (Fsp3) is 0.0870. The van der Waals surface area contributed by atoms with Gasteiger partial charge >= 0.3 is 6.03 Å². The monoisotopic (exact) mass is 433 g/mol. The van der Waals surface area contributed by atoms with Gasteiger partial charge in [0, 0.05) is 11.4 Å². The second-order valence-electron chi connectivity index (χ2n) is 7.16. The Morgan fingerprint density at radius 2 is 1.72 bits per heavy atom. The highest BCUT2D eigenvalue weighted by molar-refractivity contribution is 6.14. The number of urea groups is 1. The predicted molar refractivity (Wildman–Crippen MR) is 120 cm³/mol. The topological polar surface area (TPSA) is 122 Å². The summed E-state index contributed by atoms with van der Waals surface area (Å²) in [5.41, 5.74) is 8.24. The third kappa shape index (κ3) is 4.51. The van der Waals surface area contributed by atoms with Crippen molar-refractivity contribution in [2.75, 3.05) is 16.4 Å². The number of halogens is 1. The summed E-state index contributed by atoms with van der Waals surface area (Å²) in [6, 6.07) is 16.8. The third-order valence-corrected chi connectivity index (χ3v) is 4.84. The number of anilines is 3. The number of nitrogen functional groups attached to an aromatic ring is 1. The Hall–Kier alpha value is -4.40. The lowest BCUT2D eigenvalue weighted by Gasteiger charge is -2.16. The van der Waals surface area contributed by atoms with Gasteiger partial charge in [0.25, 0.3) is 5.91 Å². The summed E-state index contributed by atoms with van der Waals surface area (Å²) in [7, 11) is 0. The maximum atomic E-state index is 13.3. The number of aromatic nitrogens is 1. The average Bonchev–Trinajstić information content (AvgIpc) is 3.15. The predicted octanol–water partition coefficient (Wildman–Crippen LogP) is 4.68. The van der Waals surface area contributed by atoms with Crippen LogP contribution < -0.4 is 21.7 Å². The molecule has 0 aliphatic rings. The van der Waals surface area contributed by atoms with E-state index in [0.29, 0.717) is 27.9 Å². The molecule has 32 heavy (non-hydrogen) atoms. The molecule has 0 aliphatic heterocycles. The van der Waals surface area contributed by atoms with Gasteiger partial charge in [0.1, 0.15) is 5.82 Å². The summed E-state index contributed by atoms with van der Waals surface area (Å²) in [5.74, 6) is -0.670. The quantitative estimate of drug-likeness (QED) is 0.364. The molecule has 4 aromatic rings. The van der Waals surface area contributed by atoms with Crippen LogP contribution in [0.1, 0.15) is 28.9 Å². The highest BCUT2D eigenvalue weighted by Gasteiger charge is 2.17. The highest BCUT2D eigenvalue weighted by Crippen LogP contribution is 2.26. The number of nitrogens with one attached hydrogen (secondary N) is 3. The number of carbonyl (C=O) groups excluding carboxylic acids is 2. The number of nitrogens with zero attached hydrogens (tertiary/aromatic N) is 1. The summed E-state index contributed by atoms with van der Waals surface area (Å²) in [6.07, 6.45) is 0. The lowest BCUT2D eigenvalue weighted by atomic mass is 10.1. The van der Waals surface area contributed by atoms with Crippen molar-refractivity contribution in [1.29, 1.82) is 0 Å².